The molecule has 0 saturated heterocycles. The molecule has 0 aliphatic carbocycles. The van der Waals surface area contributed by atoms with Crippen molar-refractivity contribution in [1.29, 1.82) is 0 Å². The quantitative estimate of drug-likeness (QED) is 0.470. The first-order chi connectivity index (χ1) is 12.5. The van der Waals surface area contributed by atoms with Crippen LogP contribution in [-0.2, 0) is 13.2 Å². The summed E-state index contributed by atoms with van der Waals surface area (Å²) in [5.74, 6) is -0.111. The highest BCUT2D eigenvalue weighted by Crippen LogP contribution is 2.28. The lowest BCUT2D eigenvalue weighted by Gasteiger charge is -2.12. The van der Waals surface area contributed by atoms with Gasteiger partial charge in [0.2, 0.25) is 0 Å². The molecule has 6 heteroatoms. The van der Waals surface area contributed by atoms with Crippen LogP contribution in [0.4, 0.5) is 14.5 Å². The second-order valence-electron chi connectivity index (χ2n) is 5.63. The minimum Gasteiger partial charge on any atom is -0.488 e. The van der Waals surface area contributed by atoms with Crippen molar-refractivity contribution in [3.8, 4) is 5.75 Å². The van der Waals surface area contributed by atoms with Crippen molar-refractivity contribution in [3.63, 3.8) is 0 Å². The predicted octanol–water partition coefficient (Wildman–Crippen LogP) is 6.57. The largest absolute Gasteiger partial charge is 0.488 e. The zero-order valence-electron chi connectivity index (χ0n) is 13.6. The first-order valence-electron chi connectivity index (χ1n) is 7.86. The lowest BCUT2D eigenvalue weighted by Crippen LogP contribution is -2.01. The van der Waals surface area contributed by atoms with Gasteiger partial charge in [-0.25, -0.2) is 8.78 Å². The van der Waals surface area contributed by atoms with E-state index in [1.807, 2.05) is 18.2 Å². The number of rotatable bonds is 6. The molecule has 134 valence electrons. The van der Waals surface area contributed by atoms with Gasteiger partial charge in [0.1, 0.15) is 24.0 Å². The number of ether oxygens (including phenoxy) is 1. The lowest BCUT2D eigenvalue weighted by molar-refractivity contribution is 0.298. The molecule has 1 N–H and O–H groups in total. The molecule has 0 heterocycles. The van der Waals surface area contributed by atoms with Crippen LogP contribution in [0.3, 0.4) is 0 Å². The van der Waals surface area contributed by atoms with Crippen molar-refractivity contribution in [2.75, 3.05) is 5.32 Å². The fourth-order valence-corrected chi connectivity index (χ4v) is 3.07. The molecular weight excluding hydrogens is 424 g/mol. The Morgan fingerprint density at radius 1 is 0.962 bits per heavy atom. The van der Waals surface area contributed by atoms with Gasteiger partial charge in [-0.15, -0.1) is 0 Å². The van der Waals surface area contributed by atoms with Gasteiger partial charge >= 0.3 is 0 Å². The second kappa shape index (κ2) is 8.52. The summed E-state index contributed by atoms with van der Waals surface area (Å²) in [7, 11) is 0. The highest BCUT2D eigenvalue weighted by atomic mass is 79.9. The Balaban J connectivity index is 1.61. The summed E-state index contributed by atoms with van der Waals surface area (Å²) < 4.78 is 33.3. The lowest BCUT2D eigenvalue weighted by atomic mass is 10.2. The van der Waals surface area contributed by atoms with Crippen molar-refractivity contribution in [3.05, 3.63) is 92.9 Å². The third-order valence-electron chi connectivity index (χ3n) is 3.75. The zero-order valence-corrected chi connectivity index (χ0v) is 15.9. The zero-order chi connectivity index (χ0) is 18.5. The number of nitrogens with one attached hydrogen (secondary N) is 1. The fourth-order valence-electron chi connectivity index (χ4n) is 2.35. The molecule has 3 rings (SSSR count). The van der Waals surface area contributed by atoms with Crippen molar-refractivity contribution in [1.82, 2.24) is 0 Å². The monoisotopic (exact) mass is 437 g/mol. The molecule has 0 bridgehead atoms. The molecule has 0 aliphatic rings. The van der Waals surface area contributed by atoms with Crippen molar-refractivity contribution < 1.29 is 13.5 Å². The van der Waals surface area contributed by atoms with Gasteiger partial charge in [-0.3, -0.25) is 0 Å². The van der Waals surface area contributed by atoms with Crippen LogP contribution >= 0.6 is 27.5 Å². The van der Waals surface area contributed by atoms with Gasteiger partial charge in [0.25, 0.3) is 0 Å². The van der Waals surface area contributed by atoms with Crippen LogP contribution < -0.4 is 10.1 Å². The maximum absolute atomic E-state index is 13.6. The SMILES string of the molecule is Fc1ccc(NCc2ccc(OCc3ccccc3F)c(Br)c2)cc1Cl. The molecule has 0 fully saturated rings. The Labute approximate surface area is 163 Å². The molecule has 2 nitrogen and oxygen atoms in total. The topological polar surface area (TPSA) is 21.3 Å². The molecule has 26 heavy (non-hydrogen) atoms. The highest BCUT2D eigenvalue weighted by Gasteiger charge is 2.06. The van der Waals surface area contributed by atoms with E-state index in [0.717, 1.165) is 15.7 Å². The average Bonchev–Trinajstić information content (AvgIpc) is 2.63. The summed E-state index contributed by atoms with van der Waals surface area (Å²) in [5, 5.41) is 3.26. The molecule has 3 aromatic rings. The van der Waals surface area contributed by atoms with Crippen LogP contribution in [0.2, 0.25) is 5.02 Å². The summed E-state index contributed by atoms with van der Waals surface area (Å²) in [6.45, 7) is 0.686. The van der Waals surface area contributed by atoms with Gasteiger partial charge in [0.05, 0.1) is 9.50 Å². The molecule has 0 spiro atoms. The Hall–Kier alpha value is -2.11. The molecule has 3 aromatic carbocycles. The van der Waals surface area contributed by atoms with Gasteiger partial charge in [-0.05, 0) is 57.9 Å². The number of benzene rings is 3. The van der Waals surface area contributed by atoms with Crippen LogP contribution in [0.5, 0.6) is 5.75 Å². The minimum absolute atomic E-state index is 0.0769. The van der Waals surface area contributed by atoms with E-state index in [1.165, 1.54) is 18.2 Å². The van der Waals surface area contributed by atoms with Crippen LogP contribution in [0.25, 0.3) is 0 Å². The molecule has 0 saturated carbocycles. The van der Waals surface area contributed by atoms with Crippen molar-refractivity contribution in [2.24, 2.45) is 0 Å². The van der Waals surface area contributed by atoms with Crippen molar-refractivity contribution in [2.45, 2.75) is 13.2 Å². The van der Waals surface area contributed by atoms with E-state index < -0.39 is 5.82 Å². The van der Waals surface area contributed by atoms with Gasteiger partial charge < -0.3 is 10.1 Å². The van der Waals surface area contributed by atoms with Crippen LogP contribution in [-0.4, -0.2) is 0 Å². The molecule has 0 unspecified atom stereocenters. The molecule has 0 atom stereocenters. The first-order valence-corrected chi connectivity index (χ1v) is 9.03. The summed E-state index contributed by atoms with van der Waals surface area (Å²) >= 11 is 9.24. The number of hydrogen-bond acceptors (Lipinski definition) is 2. The van der Waals surface area contributed by atoms with E-state index in [1.54, 1.807) is 24.3 Å². The Morgan fingerprint density at radius 2 is 1.77 bits per heavy atom. The molecule has 0 aromatic heterocycles. The Morgan fingerprint density at radius 3 is 2.50 bits per heavy atom. The third kappa shape index (κ3) is 4.74. The molecule has 0 aliphatic heterocycles. The highest BCUT2D eigenvalue weighted by molar-refractivity contribution is 9.10. The van der Waals surface area contributed by atoms with E-state index >= 15 is 0 Å². The molecule has 0 radical (unpaired) electrons. The van der Waals surface area contributed by atoms with Gasteiger partial charge in [0, 0.05) is 17.8 Å². The normalized spacial score (nSPS) is 10.6. The summed E-state index contributed by atoms with van der Waals surface area (Å²) in [5.41, 5.74) is 2.22. The van der Waals surface area contributed by atoms with Gasteiger partial charge in [-0.2, -0.15) is 0 Å². The first kappa shape index (κ1) is 18.7. The van der Waals surface area contributed by atoms with Crippen LogP contribution in [0, 0.1) is 11.6 Å². The Kier molecular flexibility index (Phi) is 6.12. The van der Waals surface area contributed by atoms with Crippen LogP contribution in [0.1, 0.15) is 11.1 Å². The Bertz CT molecular complexity index is 920. The summed E-state index contributed by atoms with van der Waals surface area (Å²) in [4.78, 5) is 0. The summed E-state index contributed by atoms with van der Waals surface area (Å²) in [6, 6.07) is 16.6. The fraction of sp³-hybridized carbons (Fsp3) is 0.100. The van der Waals surface area contributed by atoms with Gasteiger partial charge in [0.15, 0.2) is 0 Å². The number of anilines is 1. The van der Waals surface area contributed by atoms with E-state index in [-0.39, 0.29) is 17.4 Å². The number of hydrogen-bond donors (Lipinski definition) is 1. The molecule has 0 amide bonds. The van der Waals surface area contributed by atoms with Crippen LogP contribution in [0.15, 0.2) is 65.1 Å². The number of halogens is 4. The van der Waals surface area contributed by atoms with Gasteiger partial charge in [-0.1, -0.05) is 35.9 Å². The maximum Gasteiger partial charge on any atom is 0.141 e. The van der Waals surface area contributed by atoms with E-state index in [2.05, 4.69) is 21.2 Å². The predicted molar refractivity (Wildman–Crippen MR) is 104 cm³/mol. The average molecular weight is 439 g/mol. The molecular formula is C20H15BrClF2NO. The minimum atomic E-state index is -0.448. The second-order valence-corrected chi connectivity index (χ2v) is 6.89. The standard InChI is InChI=1S/C20H15BrClF2NO/c21-16-9-13(11-25-15-6-7-19(24)17(22)10-15)5-8-20(16)26-12-14-3-1-2-4-18(14)23/h1-10,25H,11-12H2. The van der Waals surface area contributed by atoms with E-state index in [9.17, 15) is 8.78 Å². The van der Waals surface area contributed by atoms with E-state index in [4.69, 9.17) is 16.3 Å². The maximum atomic E-state index is 13.6. The smallest absolute Gasteiger partial charge is 0.141 e. The summed E-state index contributed by atoms with van der Waals surface area (Å²) in [6.07, 6.45) is 0. The van der Waals surface area contributed by atoms with Crippen molar-refractivity contribution >= 4 is 33.2 Å². The van der Waals surface area contributed by atoms with E-state index in [0.29, 0.717) is 17.9 Å². The third-order valence-corrected chi connectivity index (χ3v) is 4.66.